The number of carbonyl (C=O) groups excluding carboxylic acids is 1. The first-order valence-electron chi connectivity index (χ1n) is 8.95. The molecule has 1 N–H and O–H groups in total. The number of nitrogens with one attached hydrogen (secondary N) is 1. The number of piperazine rings is 1. The van der Waals surface area contributed by atoms with Crippen molar-refractivity contribution in [3.8, 4) is 0 Å². The van der Waals surface area contributed by atoms with Crippen LogP contribution < -0.4 is 5.32 Å². The van der Waals surface area contributed by atoms with Gasteiger partial charge in [-0.1, -0.05) is 24.3 Å². The van der Waals surface area contributed by atoms with Gasteiger partial charge in [0.25, 0.3) is 0 Å². The van der Waals surface area contributed by atoms with Gasteiger partial charge in [0.15, 0.2) is 5.96 Å². The van der Waals surface area contributed by atoms with Crippen LogP contribution in [0.2, 0.25) is 0 Å². The van der Waals surface area contributed by atoms with Crippen LogP contribution >= 0.6 is 0 Å². The highest BCUT2D eigenvalue weighted by molar-refractivity contribution is 5.79. The summed E-state index contributed by atoms with van der Waals surface area (Å²) >= 11 is 0. The number of carbonyl (C=O) groups is 1. The Bertz CT molecular complexity index is 593. The fraction of sp³-hybridized carbons (Fsp3) is 0.579. The lowest BCUT2D eigenvalue weighted by molar-refractivity contribution is -0.130. The van der Waals surface area contributed by atoms with Crippen molar-refractivity contribution in [2.24, 2.45) is 4.99 Å². The second kappa shape index (κ2) is 9.42. The van der Waals surface area contributed by atoms with Gasteiger partial charge in [-0.3, -0.25) is 14.7 Å². The van der Waals surface area contributed by atoms with Crippen LogP contribution in [0.1, 0.15) is 18.1 Å². The van der Waals surface area contributed by atoms with E-state index in [9.17, 15) is 4.79 Å². The Hall–Kier alpha value is -2.08. The lowest BCUT2D eigenvalue weighted by Gasteiger charge is -2.34. The van der Waals surface area contributed by atoms with Gasteiger partial charge in [-0.2, -0.15) is 0 Å². The number of guanidine groups is 1. The summed E-state index contributed by atoms with van der Waals surface area (Å²) in [6.07, 6.45) is 0. The summed E-state index contributed by atoms with van der Waals surface area (Å²) in [5.41, 5.74) is 2.61. The van der Waals surface area contributed by atoms with E-state index in [1.807, 2.05) is 11.9 Å². The zero-order valence-corrected chi connectivity index (χ0v) is 16.0. The van der Waals surface area contributed by atoms with Gasteiger partial charge >= 0.3 is 0 Å². The largest absolute Gasteiger partial charge is 0.355 e. The number of nitrogens with zero attached hydrogens (tertiary/aromatic N) is 4. The number of amides is 1. The van der Waals surface area contributed by atoms with E-state index in [0.29, 0.717) is 0 Å². The number of hydrogen-bond donors (Lipinski definition) is 1. The number of aliphatic imine (C=N–C) groups is 1. The van der Waals surface area contributed by atoms with Crippen LogP contribution in [0.15, 0.2) is 29.3 Å². The van der Waals surface area contributed by atoms with Gasteiger partial charge in [0.05, 0.1) is 0 Å². The molecule has 1 fully saturated rings. The summed E-state index contributed by atoms with van der Waals surface area (Å²) < 4.78 is 0. The summed E-state index contributed by atoms with van der Waals surface area (Å²) in [5.74, 6) is 1.08. The van der Waals surface area contributed by atoms with E-state index in [1.165, 1.54) is 11.1 Å². The van der Waals surface area contributed by atoms with Crippen LogP contribution in [-0.4, -0.2) is 79.9 Å². The average Bonchev–Trinajstić information content (AvgIpc) is 2.61. The maximum absolute atomic E-state index is 11.4. The lowest BCUT2D eigenvalue weighted by atomic mass is 10.1. The topological polar surface area (TPSA) is 51.2 Å². The minimum Gasteiger partial charge on any atom is -0.355 e. The van der Waals surface area contributed by atoms with Gasteiger partial charge in [-0.15, -0.1) is 0 Å². The second-order valence-electron chi connectivity index (χ2n) is 6.60. The zero-order valence-electron chi connectivity index (χ0n) is 16.0. The van der Waals surface area contributed by atoms with Crippen LogP contribution in [0.3, 0.4) is 0 Å². The second-order valence-corrected chi connectivity index (χ2v) is 6.60. The van der Waals surface area contributed by atoms with E-state index >= 15 is 0 Å². The minimum atomic E-state index is 0.177. The van der Waals surface area contributed by atoms with Crippen molar-refractivity contribution >= 4 is 11.9 Å². The number of benzene rings is 1. The van der Waals surface area contributed by atoms with Crippen LogP contribution in [0.4, 0.5) is 0 Å². The SMILES string of the molecule is CN=C(NCCN1CCN(C(C)=O)CC1)N(C)Cc1ccccc1C. The van der Waals surface area contributed by atoms with Crippen LogP contribution in [0, 0.1) is 6.92 Å². The quantitative estimate of drug-likeness (QED) is 0.643. The maximum atomic E-state index is 11.4. The molecule has 1 aliphatic heterocycles. The van der Waals surface area contributed by atoms with Crippen molar-refractivity contribution in [3.05, 3.63) is 35.4 Å². The molecule has 0 unspecified atom stereocenters. The molecular weight excluding hydrogens is 314 g/mol. The van der Waals surface area contributed by atoms with Gasteiger partial charge in [-0.25, -0.2) is 0 Å². The molecular formula is C19H31N5O. The van der Waals surface area contributed by atoms with E-state index in [0.717, 1.165) is 51.8 Å². The normalized spacial score (nSPS) is 16.0. The van der Waals surface area contributed by atoms with Crippen molar-refractivity contribution in [1.82, 2.24) is 20.0 Å². The van der Waals surface area contributed by atoms with Crippen LogP contribution in [-0.2, 0) is 11.3 Å². The Balaban J connectivity index is 1.75. The molecule has 2 rings (SSSR count). The number of hydrogen-bond acceptors (Lipinski definition) is 3. The third kappa shape index (κ3) is 5.74. The molecule has 0 bridgehead atoms. The van der Waals surface area contributed by atoms with Gasteiger partial charge in [0.2, 0.25) is 5.91 Å². The molecule has 0 saturated carbocycles. The molecule has 138 valence electrons. The summed E-state index contributed by atoms with van der Waals surface area (Å²) in [4.78, 5) is 22.2. The number of aryl methyl sites for hydroxylation is 1. The molecule has 1 aliphatic rings. The predicted octanol–water partition coefficient (Wildman–Crippen LogP) is 1.17. The van der Waals surface area contributed by atoms with Crippen molar-refractivity contribution in [3.63, 3.8) is 0 Å². The Labute approximate surface area is 151 Å². The first-order chi connectivity index (χ1) is 12.0. The third-order valence-electron chi connectivity index (χ3n) is 4.77. The van der Waals surface area contributed by atoms with Crippen molar-refractivity contribution in [1.29, 1.82) is 0 Å². The Morgan fingerprint density at radius 2 is 1.92 bits per heavy atom. The highest BCUT2D eigenvalue weighted by atomic mass is 16.2. The van der Waals surface area contributed by atoms with E-state index in [1.54, 1.807) is 6.92 Å². The molecule has 1 heterocycles. The van der Waals surface area contributed by atoms with Crippen molar-refractivity contribution in [2.75, 3.05) is 53.4 Å². The first kappa shape index (κ1) is 19.2. The fourth-order valence-corrected chi connectivity index (χ4v) is 3.11. The molecule has 1 aromatic carbocycles. The van der Waals surface area contributed by atoms with Crippen LogP contribution in [0.25, 0.3) is 0 Å². The minimum absolute atomic E-state index is 0.177. The van der Waals surface area contributed by atoms with Crippen LogP contribution in [0.5, 0.6) is 0 Å². The van der Waals surface area contributed by atoms with Gasteiger partial charge in [0, 0.05) is 66.8 Å². The highest BCUT2D eigenvalue weighted by Gasteiger charge is 2.18. The summed E-state index contributed by atoms with van der Waals surface area (Å²) in [6, 6.07) is 8.44. The molecule has 1 saturated heterocycles. The smallest absolute Gasteiger partial charge is 0.219 e. The van der Waals surface area contributed by atoms with E-state index in [-0.39, 0.29) is 5.91 Å². The zero-order chi connectivity index (χ0) is 18.2. The summed E-state index contributed by atoms with van der Waals surface area (Å²) in [6.45, 7) is 9.98. The molecule has 1 amide bonds. The molecule has 0 atom stereocenters. The highest BCUT2D eigenvalue weighted by Crippen LogP contribution is 2.09. The monoisotopic (exact) mass is 345 g/mol. The summed E-state index contributed by atoms with van der Waals surface area (Å²) in [5, 5.41) is 3.44. The standard InChI is InChI=1S/C19H31N5O/c1-16-7-5-6-8-18(16)15-22(4)19(20-3)21-9-10-23-11-13-24(14-12-23)17(2)25/h5-8H,9-15H2,1-4H3,(H,20,21). The molecule has 0 aliphatic carbocycles. The fourth-order valence-electron chi connectivity index (χ4n) is 3.11. The molecule has 6 heteroatoms. The molecule has 0 spiro atoms. The van der Waals surface area contributed by atoms with Crippen molar-refractivity contribution in [2.45, 2.75) is 20.4 Å². The molecule has 6 nitrogen and oxygen atoms in total. The molecule has 0 aromatic heterocycles. The average molecular weight is 345 g/mol. The third-order valence-corrected chi connectivity index (χ3v) is 4.77. The number of rotatable bonds is 5. The maximum Gasteiger partial charge on any atom is 0.219 e. The van der Waals surface area contributed by atoms with Gasteiger partial charge < -0.3 is 15.1 Å². The summed E-state index contributed by atoms with van der Waals surface area (Å²) in [7, 11) is 3.88. The Morgan fingerprint density at radius 1 is 1.24 bits per heavy atom. The molecule has 25 heavy (non-hydrogen) atoms. The molecule has 1 aromatic rings. The molecule has 0 radical (unpaired) electrons. The predicted molar refractivity (Wildman–Crippen MR) is 103 cm³/mol. The van der Waals surface area contributed by atoms with E-state index < -0.39 is 0 Å². The first-order valence-corrected chi connectivity index (χ1v) is 8.95. The van der Waals surface area contributed by atoms with E-state index in [2.05, 4.69) is 58.3 Å². The lowest BCUT2D eigenvalue weighted by Crippen LogP contribution is -2.50. The van der Waals surface area contributed by atoms with E-state index in [4.69, 9.17) is 0 Å². The Kier molecular flexibility index (Phi) is 7.25. The van der Waals surface area contributed by atoms with Crippen molar-refractivity contribution < 1.29 is 4.79 Å². The van der Waals surface area contributed by atoms with Gasteiger partial charge in [0.1, 0.15) is 0 Å². The Morgan fingerprint density at radius 3 is 2.52 bits per heavy atom. The van der Waals surface area contributed by atoms with Gasteiger partial charge in [-0.05, 0) is 18.1 Å².